The summed E-state index contributed by atoms with van der Waals surface area (Å²) in [4.78, 5) is 31.9. The molecule has 1 aliphatic heterocycles. The Morgan fingerprint density at radius 3 is 2.56 bits per heavy atom. The quantitative estimate of drug-likeness (QED) is 0.275. The maximum atomic E-state index is 14.1. The first-order valence-corrected chi connectivity index (χ1v) is 11.5. The van der Waals surface area contributed by atoms with Crippen molar-refractivity contribution in [3.8, 4) is 11.5 Å². The third kappa shape index (κ3) is 5.07. The first-order valence-electron chi connectivity index (χ1n) is 11.5. The molecule has 1 N–H and O–H groups in total. The number of aliphatic hydroxyl groups is 1. The van der Waals surface area contributed by atoms with Gasteiger partial charge in [-0.3, -0.25) is 14.6 Å². The average Bonchev–Trinajstić information content (AvgIpc) is 3.12. The van der Waals surface area contributed by atoms with E-state index in [4.69, 9.17) is 9.47 Å². The second-order valence-corrected chi connectivity index (χ2v) is 8.90. The van der Waals surface area contributed by atoms with E-state index in [2.05, 4.69) is 4.98 Å². The molecule has 1 amide bonds. The van der Waals surface area contributed by atoms with E-state index in [1.54, 1.807) is 48.8 Å². The summed E-state index contributed by atoms with van der Waals surface area (Å²) >= 11 is 0. The number of benzene rings is 2. The summed E-state index contributed by atoms with van der Waals surface area (Å²) in [6, 6.07) is 13.2. The molecule has 4 rings (SSSR count). The summed E-state index contributed by atoms with van der Waals surface area (Å²) < 4.78 is 25.3. The van der Waals surface area contributed by atoms with E-state index in [-0.39, 0.29) is 23.4 Å². The predicted octanol–water partition coefficient (Wildman–Crippen LogP) is 4.89. The zero-order valence-corrected chi connectivity index (χ0v) is 20.3. The van der Waals surface area contributed by atoms with Crippen LogP contribution in [0.3, 0.4) is 0 Å². The van der Waals surface area contributed by atoms with Gasteiger partial charge in [0.2, 0.25) is 0 Å². The number of nitrogens with zero attached hydrogens (tertiary/aromatic N) is 2. The van der Waals surface area contributed by atoms with Crippen LogP contribution in [-0.4, -0.2) is 40.4 Å². The van der Waals surface area contributed by atoms with Crippen molar-refractivity contribution in [3.05, 3.63) is 95.1 Å². The smallest absolute Gasteiger partial charge is 0.295 e. The minimum atomic E-state index is -0.936. The van der Waals surface area contributed by atoms with Gasteiger partial charge in [-0.25, -0.2) is 4.39 Å². The number of pyridine rings is 1. The molecule has 186 valence electrons. The molecule has 1 fully saturated rings. The first-order chi connectivity index (χ1) is 17.3. The fourth-order valence-electron chi connectivity index (χ4n) is 4.12. The van der Waals surface area contributed by atoms with Gasteiger partial charge in [-0.05, 0) is 59.5 Å². The van der Waals surface area contributed by atoms with Crippen molar-refractivity contribution in [2.45, 2.75) is 26.4 Å². The third-order valence-corrected chi connectivity index (χ3v) is 5.82. The molecule has 0 saturated carbocycles. The maximum absolute atomic E-state index is 14.1. The minimum Gasteiger partial charge on any atom is -0.507 e. The van der Waals surface area contributed by atoms with Gasteiger partial charge in [0, 0.05) is 18.9 Å². The van der Waals surface area contributed by atoms with E-state index in [0.29, 0.717) is 23.8 Å². The van der Waals surface area contributed by atoms with E-state index < -0.39 is 29.3 Å². The zero-order chi connectivity index (χ0) is 25.8. The molecule has 2 heterocycles. The zero-order valence-electron chi connectivity index (χ0n) is 20.3. The molecular weight excluding hydrogens is 463 g/mol. The fraction of sp³-hybridized carbons (Fsp3) is 0.250. The number of rotatable bonds is 8. The van der Waals surface area contributed by atoms with Gasteiger partial charge in [-0.15, -0.1) is 0 Å². The summed E-state index contributed by atoms with van der Waals surface area (Å²) in [6.07, 6.45) is 3.19. The Morgan fingerprint density at radius 2 is 1.86 bits per heavy atom. The van der Waals surface area contributed by atoms with Crippen LogP contribution in [0.4, 0.5) is 4.39 Å². The molecule has 2 aromatic carbocycles. The topological polar surface area (TPSA) is 89.0 Å². The van der Waals surface area contributed by atoms with Crippen molar-refractivity contribution in [2.75, 3.05) is 13.7 Å². The third-order valence-electron chi connectivity index (χ3n) is 5.82. The van der Waals surface area contributed by atoms with E-state index in [0.717, 1.165) is 11.6 Å². The number of likely N-dealkylation sites (tertiary alicyclic amines) is 1. The number of amides is 1. The molecule has 7 nitrogen and oxygen atoms in total. The van der Waals surface area contributed by atoms with E-state index in [9.17, 15) is 19.1 Å². The lowest BCUT2D eigenvalue weighted by atomic mass is 9.94. The van der Waals surface area contributed by atoms with Gasteiger partial charge in [0.05, 0.1) is 30.9 Å². The summed E-state index contributed by atoms with van der Waals surface area (Å²) in [6.45, 7) is 4.65. The summed E-state index contributed by atoms with van der Waals surface area (Å²) in [5.74, 6) is -1.74. The Hall–Kier alpha value is -4.20. The number of methoxy groups -OCH3 is 1. The Kier molecular flexibility index (Phi) is 7.33. The molecule has 3 aromatic rings. The molecule has 1 aromatic heterocycles. The summed E-state index contributed by atoms with van der Waals surface area (Å²) in [5.41, 5.74) is 1.16. The Balaban J connectivity index is 1.87. The van der Waals surface area contributed by atoms with Gasteiger partial charge < -0.3 is 19.5 Å². The van der Waals surface area contributed by atoms with E-state index >= 15 is 0 Å². The Labute approximate surface area is 208 Å². The van der Waals surface area contributed by atoms with Crippen molar-refractivity contribution >= 4 is 17.4 Å². The number of carbonyl (C=O) groups is 2. The largest absolute Gasteiger partial charge is 0.507 e. The lowest BCUT2D eigenvalue weighted by Crippen LogP contribution is -2.29. The van der Waals surface area contributed by atoms with Crippen LogP contribution >= 0.6 is 0 Å². The normalized spacial score (nSPS) is 17.0. The number of ketones is 1. The number of aliphatic hydroxyl groups excluding tert-OH is 1. The minimum absolute atomic E-state index is 0.0170. The Morgan fingerprint density at radius 1 is 1.11 bits per heavy atom. The molecule has 8 heteroatoms. The van der Waals surface area contributed by atoms with Gasteiger partial charge in [0.25, 0.3) is 11.7 Å². The van der Waals surface area contributed by atoms with Gasteiger partial charge in [0.15, 0.2) is 0 Å². The highest BCUT2D eigenvalue weighted by Crippen LogP contribution is 2.42. The summed E-state index contributed by atoms with van der Waals surface area (Å²) in [5, 5.41) is 11.3. The molecule has 0 spiro atoms. The molecule has 0 aliphatic carbocycles. The fourth-order valence-corrected chi connectivity index (χ4v) is 4.12. The lowest BCUT2D eigenvalue weighted by Gasteiger charge is -2.26. The van der Waals surface area contributed by atoms with Crippen LogP contribution in [-0.2, 0) is 16.1 Å². The highest BCUT2D eigenvalue weighted by Gasteiger charge is 2.46. The van der Waals surface area contributed by atoms with Gasteiger partial charge in [-0.2, -0.15) is 0 Å². The molecule has 36 heavy (non-hydrogen) atoms. The average molecular weight is 491 g/mol. The number of aromatic nitrogens is 1. The number of carbonyl (C=O) groups excluding carboxylic acids is 2. The summed E-state index contributed by atoms with van der Waals surface area (Å²) in [7, 11) is 1.37. The molecule has 1 aliphatic rings. The van der Waals surface area contributed by atoms with Crippen molar-refractivity contribution in [2.24, 2.45) is 5.92 Å². The van der Waals surface area contributed by atoms with Crippen LogP contribution in [0.1, 0.15) is 36.6 Å². The number of halogens is 1. The monoisotopic (exact) mass is 490 g/mol. The van der Waals surface area contributed by atoms with Crippen molar-refractivity contribution in [1.29, 1.82) is 0 Å². The molecule has 1 saturated heterocycles. The molecular formula is C28H27FN2O5. The van der Waals surface area contributed by atoms with Crippen LogP contribution in [0.5, 0.6) is 11.5 Å². The van der Waals surface area contributed by atoms with Crippen molar-refractivity contribution < 1.29 is 28.6 Å². The highest BCUT2D eigenvalue weighted by atomic mass is 19.1. The van der Waals surface area contributed by atoms with Gasteiger partial charge >= 0.3 is 0 Å². The standard InChI is InChI=1S/C28H27FN2O5/c1-17(2)16-36-21-6-4-5-19(13-21)25-24(26(32)22-14-20(29)7-8-23(22)35-3)27(33)28(34)31(25)15-18-9-11-30-12-10-18/h4-14,17,25,32H,15-16H2,1-3H3/b26-24+. The SMILES string of the molecule is COc1ccc(F)cc1/C(O)=C1\C(=O)C(=O)N(Cc2ccncc2)C1c1cccc(OCC(C)C)c1. The van der Waals surface area contributed by atoms with E-state index in [1.165, 1.54) is 24.1 Å². The number of hydrogen-bond acceptors (Lipinski definition) is 6. The van der Waals surface area contributed by atoms with Gasteiger partial charge in [-0.1, -0.05) is 26.0 Å². The Bertz CT molecular complexity index is 1310. The predicted molar refractivity (Wildman–Crippen MR) is 132 cm³/mol. The molecule has 1 atom stereocenters. The molecule has 0 radical (unpaired) electrons. The number of hydrogen-bond donors (Lipinski definition) is 1. The molecule has 1 unspecified atom stereocenters. The first kappa shape index (κ1) is 24.9. The van der Waals surface area contributed by atoms with Crippen LogP contribution in [0.2, 0.25) is 0 Å². The molecule has 0 bridgehead atoms. The lowest BCUT2D eigenvalue weighted by molar-refractivity contribution is -0.140. The van der Waals surface area contributed by atoms with Gasteiger partial charge in [0.1, 0.15) is 23.1 Å². The van der Waals surface area contributed by atoms with Crippen LogP contribution < -0.4 is 9.47 Å². The van der Waals surface area contributed by atoms with Crippen LogP contribution in [0.25, 0.3) is 5.76 Å². The highest BCUT2D eigenvalue weighted by molar-refractivity contribution is 6.46. The maximum Gasteiger partial charge on any atom is 0.295 e. The second kappa shape index (κ2) is 10.6. The van der Waals surface area contributed by atoms with Crippen molar-refractivity contribution in [1.82, 2.24) is 9.88 Å². The number of ether oxygens (including phenoxy) is 2. The van der Waals surface area contributed by atoms with Crippen molar-refractivity contribution in [3.63, 3.8) is 0 Å². The van der Waals surface area contributed by atoms with E-state index in [1.807, 2.05) is 13.8 Å². The van der Waals surface area contributed by atoms with Crippen LogP contribution in [0.15, 0.2) is 72.6 Å². The van der Waals surface area contributed by atoms with Crippen LogP contribution in [0, 0.1) is 11.7 Å². The number of Topliss-reactive ketones (excluding diaryl/α,β-unsaturated/α-hetero) is 1. The second-order valence-electron chi connectivity index (χ2n) is 8.90.